The highest BCUT2D eigenvalue weighted by Gasteiger charge is 2.13. The van der Waals surface area contributed by atoms with Gasteiger partial charge >= 0.3 is 0 Å². The number of aromatic nitrogens is 3. The van der Waals surface area contributed by atoms with Crippen LogP contribution in [0.15, 0.2) is 24.5 Å². The lowest BCUT2D eigenvalue weighted by Crippen LogP contribution is -2.20. The van der Waals surface area contributed by atoms with Gasteiger partial charge in [0.25, 0.3) is 0 Å². The van der Waals surface area contributed by atoms with Crippen molar-refractivity contribution in [2.24, 2.45) is 0 Å². The quantitative estimate of drug-likeness (QED) is 0.850. The number of rotatable bonds is 4. The van der Waals surface area contributed by atoms with Gasteiger partial charge < -0.3 is 5.32 Å². The van der Waals surface area contributed by atoms with Crippen LogP contribution >= 0.6 is 0 Å². The van der Waals surface area contributed by atoms with Gasteiger partial charge in [0.2, 0.25) is 0 Å². The lowest BCUT2D eigenvalue weighted by Gasteiger charge is -2.13. The molecule has 17 heavy (non-hydrogen) atoms. The van der Waals surface area contributed by atoms with Gasteiger partial charge in [-0.15, -0.1) is 0 Å². The van der Waals surface area contributed by atoms with E-state index in [-0.39, 0.29) is 6.04 Å². The van der Waals surface area contributed by atoms with Crippen LogP contribution in [0.2, 0.25) is 0 Å². The molecule has 1 aromatic heterocycles. The molecule has 0 aliphatic carbocycles. The molecule has 0 saturated heterocycles. The van der Waals surface area contributed by atoms with E-state index in [0.29, 0.717) is 17.8 Å². The third-order valence-corrected chi connectivity index (χ3v) is 2.47. The van der Waals surface area contributed by atoms with E-state index in [0.717, 1.165) is 6.07 Å². The first-order valence-corrected chi connectivity index (χ1v) is 5.16. The zero-order valence-electron chi connectivity index (χ0n) is 9.24. The van der Waals surface area contributed by atoms with Crippen LogP contribution < -0.4 is 5.32 Å². The van der Waals surface area contributed by atoms with Gasteiger partial charge in [-0.25, -0.2) is 13.8 Å². The highest BCUT2D eigenvalue weighted by atomic mass is 19.1. The summed E-state index contributed by atoms with van der Waals surface area (Å²) in [6.45, 7) is 0. The second-order valence-electron chi connectivity index (χ2n) is 3.69. The fraction of sp³-hybridized carbons (Fsp3) is 0.273. The van der Waals surface area contributed by atoms with Gasteiger partial charge in [-0.2, -0.15) is 5.10 Å². The molecule has 2 rings (SSSR count). The molecule has 1 unspecified atom stereocenters. The van der Waals surface area contributed by atoms with Crippen molar-refractivity contribution in [3.05, 3.63) is 47.5 Å². The van der Waals surface area contributed by atoms with Crippen LogP contribution in [0.4, 0.5) is 8.78 Å². The van der Waals surface area contributed by atoms with Crippen molar-refractivity contribution in [1.82, 2.24) is 20.5 Å². The Balaban J connectivity index is 2.18. The molecule has 4 nitrogen and oxygen atoms in total. The van der Waals surface area contributed by atoms with E-state index in [1.807, 2.05) is 0 Å². The van der Waals surface area contributed by atoms with Crippen molar-refractivity contribution < 1.29 is 8.78 Å². The van der Waals surface area contributed by atoms with Crippen LogP contribution in [0, 0.1) is 11.6 Å². The molecule has 6 heteroatoms. The molecule has 1 heterocycles. The Labute approximate surface area is 97.1 Å². The molecule has 2 aromatic rings. The molecule has 90 valence electrons. The second-order valence-corrected chi connectivity index (χ2v) is 3.69. The zero-order chi connectivity index (χ0) is 12.3. The molecule has 1 aromatic carbocycles. The van der Waals surface area contributed by atoms with Crippen LogP contribution in [0.25, 0.3) is 0 Å². The van der Waals surface area contributed by atoms with Crippen molar-refractivity contribution in [3.8, 4) is 0 Å². The summed E-state index contributed by atoms with van der Waals surface area (Å²) in [4.78, 5) is 4.01. The van der Waals surface area contributed by atoms with Crippen molar-refractivity contribution in [2.75, 3.05) is 7.05 Å². The van der Waals surface area contributed by atoms with Crippen LogP contribution in [0.1, 0.15) is 17.4 Å². The normalized spacial score (nSPS) is 12.6. The van der Waals surface area contributed by atoms with Crippen LogP contribution in [-0.4, -0.2) is 22.2 Å². The minimum absolute atomic E-state index is 0.154. The third-order valence-electron chi connectivity index (χ3n) is 2.47. The highest BCUT2D eigenvalue weighted by Crippen LogP contribution is 2.16. The number of nitrogens with one attached hydrogen (secondary N) is 2. The first-order valence-electron chi connectivity index (χ1n) is 5.16. The summed E-state index contributed by atoms with van der Waals surface area (Å²) in [5.74, 6) is -0.517. The Hall–Kier alpha value is -1.82. The summed E-state index contributed by atoms with van der Waals surface area (Å²) < 4.78 is 26.1. The van der Waals surface area contributed by atoms with Gasteiger partial charge in [0.05, 0.1) is 6.04 Å². The highest BCUT2D eigenvalue weighted by molar-refractivity contribution is 5.19. The number of aromatic amines is 1. The van der Waals surface area contributed by atoms with Gasteiger partial charge in [-0.05, 0) is 31.2 Å². The fourth-order valence-electron chi connectivity index (χ4n) is 1.68. The Morgan fingerprint density at radius 2 is 2.00 bits per heavy atom. The number of hydrogen-bond acceptors (Lipinski definition) is 3. The summed E-state index contributed by atoms with van der Waals surface area (Å²) in [6.07, 6.45) is 1.83. The molecule has 0 aliphatic rings. The standard InChI is InChI=1S/C11H12F2N4/c1-14-10(11-15-6-16-17-11)4-7-2-8(12)5-9(13)3-7/h2-3,5-6,10,14H,4H2,1H3,(H,15,16,17). The first kappa shape index (κ1) is 11.7. The predicted molar refractivity (Wildman–Crippen MR) is 58.2 cm³/mol. The number of nitrogens with zero attached hydrogens (tertiary/aromatic N) is 2. The van der Waals surface area contributed by atoms with Crippen molar-refractivity contribution in [3.63, 3.8) is 0 Å². The number of hydrogen-bond donors (Lipinski definition) is 2. The molecular weight excluding hydrogens is 226 g/mol. The smallest absolute Gasteiger partial charge is 0.141 e. The Kier molecular flexibility index (Phi) is 3.43. The maximum absolute atomic E-state index is 13.0. The summed E-state index contributed by atoms with van der Waals surface area (Å²) in [7, 11) is 1.75. The summed E-state index contributed by atoms with van der Waals surface area (Å²) >= 11 is 0. The number of likely N-dealkylation sites (N-methyl/N-ethyl adjacent to an activating group) is 1. The van der Waals surface area contributed by atoms with E-state index in [9.17, 15) is 8.78 Å². The van der Waals surface area contributed by atoms with Gasteiger partial charge in [0.1, 0.15) is 23.8 Å². The first-order chi connectivity index (χ1) is 8.19. The van der Waals surface area contributed by atoms with E-state index in [2.05, 4.69) is 20.5 Å². The Morgan fingerprint density at radius 1 is 1.29 bits per heavy atom. The molecular formula is C11H12F2N4. The van der Waals surface area contributed by atoms with Gasteiger partial charge in [-0.1, -0.05) is 0 Å². The zero-order valence-corrected chi connectivity index (χ0v) is 9.24. The molecule has 0 spiro atoms. The SMILES string of the molecule is CNC(Cc1cc(F)cc(F)c1)c1ncn[nH]1. The topological polar surface area (TPSA) is 53.6 Å². The Morgan fingerprint density at radius 3 is 2.53 bits per heavy atom. The summed E-state index contributed by atoms with van der Waals surface area (Å²) in [5, 5.41) is 9.48. The Bertz CT molecular complexity index is 464. The third kappa shape index (κ3) is 2.85. The summed E-state index contributed by atoms with van der Waals surface area (Å²) in [6, 6.07) is 3.32. The fourth-order valence-corrected chi connectivity index (χ4v) is 1.68. The largest absolute Gasteiger partial charge is 0.310 e. The van der Waals surface area contributed by atoms with Crippen LogP contribution in [-0.2, 0) is 6.42 Å². The summed E-state index contributed by atoms with van der Waals surface area (Å²) in [5.41, 5.74) is 0.568. The average Bonchev–Trinajstić information content (AvgIpc) is 2.77. The van der Waals surface area contributed by atoms with E-state index in [4.69, 9.17) is 0 Å². The molecule has 2 N–H and O–H groups in total. The predicted octanol–water partition coefficient (Wildman–Crippen LogP) is 1.59. The van der Waals surface area contributed by atoms with Gasteiger partial charge in [0.15, 0.2) is 0 Å². The molecule has 0 bridgehead atoms. The second kappa shape index (κ2) is 5.01. The van der Waals surface area contributed by atoms with Crippen LogP contribution in [0.5, 0.6) is 0 Å². The molecule has 1 atom stereocenters. The lowest BCUT2D eigenvalue weighted by atomic mass is 10.1. The number of halogens is 2. The monoisotopic (exact) mass is 238 g/mol. The van der Waals surface area contributed by atoms with E-state index < -0.39 is 11.6 Å². The van der Waals surface area contributed by atoms with E-state index in [1.54, 1.807) is 7.05 Å². The van der Waals surface area contributed by atoms with Crippen molar-refractivity contribution in [1.29, 1.82) is 0 Å². The molecule has 0 aliphatic heterocycles. The van der Waals surface area contributed by atoms with Crippen molar-refractivity contribution in [2.45, 2.75) is 12.5 Å². The van der Waals surface area contributed by atoms with Gasteiger partial charge in [0, 0.05) is 6.07 Å². The van der Waals surface area contributed by atoms with E-state index in [1.165, 1.54) is 18.5 Å². The number of H-pyrrole nitrogens is 1. The minimum atomic E-state index is -0.576. The van der Waals surface area contributed by atoms with Gasteiger partial charge in [-0.3, -0.25) is 5.10 Å². The maximum atomic E-state index is 13.0. The molecule has 0 amide bonds. The number of benzene rings is 1. The lowest BCUT2D eigenvalue weighted by molar-refractivity contribution is 0.545. The van der Waals surface area contributed by atoms with Crippen molar-refractivity contribution >= 4 is 0 Å². The maximum Gasteiger partial charge on any atom is 0.141 e. The molecule has 0 radical (unpaired) electrons. The van der Waals surface area contributed by atoms with Crippen LogP contribution in [0.3, 0.4) is 0 Å². The van der Waals surface area contributed by atoms with E-state index >= 15 is 0 Å². The molecule has 0 fully saturated rings. The average molecular weight is 238 g/mol. The minimum Gasteiger partial charge on any atom is -0.310 e. The molecule has 0 saturated carbocycles.